The molecule has 1 heterocycles. The first-order chi connectivity index (χ1) is 8.06. The van der Waals surface area contributed by atoms with Gasteiger partial charge in [0.25, 0.3) is 0 Å². The van der Waals surface area contributed by atoms with E-state index in [1.165, 1.54) is 20.3 Å². The number of thioether (sulfide) groups is 1. The first-order valence-electron chi connectivity index (χ1n) is 5.48. The molecule has 0 atom stereocenters. The molecule has 0 radical (unpaired) electrons. The summed E-state index contributed by atoms with van der Waals surface area (Å²) in [5.74, 6) is 0.920. The van der Waals surface area contributed by atoms with Crippen LogP contribution in [-0.2, 0) is 5.75 Å². The van der Waals surface area contributed by atoms with E-state index in [1.54, 1.807) is 23.1 Å². The summed E-state index contributed by atoms with van der Waals surface area (Å²) < 4.78 is 0. The van der Waals surface area contributed by atoms with Crippen molar-refractivity contribution in [2.45, 2.75) is 31.4 Å². The maximum Gasteiger partial charge on any atom is 0.103 e. The van der Waals surface area contributed by atoms with Gasteiger partial charge in [0.2, 0.25) is 0 Å². The Morgan fingerprint density at radius 2 is 2.06 bits per heavy atom. The third kappa shape index (κ3) is 3.01. The van der Waals surface area contributed by atoms with Gasteiger partial charge in [-0.15, -0.1) is 23.1 Å². The molecule has 0 saturated heterocycles. The van der Waals surface area contributed by atoms with Crippen molar-refractivity contribution in [3.8, 4) is 0 Å². The van der Waals surface area contributed by atoms with Crippen LogP contribution in [0.3, 0.4) is 0 Å². The van der Waals surface area contributed by atoms with Gasteiger partial charge in [-0.3, -0.25) is 0 Å². The Kier molecular flexibility index (Phi) is 3.74. The molecule has 90 valence electrons. The van der Waals surface area contributed by atoms with Crippen LogP contribution < -0.4 is 5.73 Å². The van der Waals surface area contributed by atoms with E-state index in [4.69, 9.17) is 5.73 Å². The van der Waals surface area contributed by atoms with E-state index in [0.717, 1.165) is 17.1 Å². The summed E-state index contributed by atoms with van der Waals surface area (Å²) >= 11 is 3.58. The van der Waals surface area contributed by atoms with Crippen LogP contribution in [0.25, 0.3) is 0 Å². The lowest BCUT2D eigenvalue weighted by Crippen LogP contribution is -1.88. The second kappa shape index (κ2) is 5.10. The van der Waals surface area contributed by atoms with Crippen molar-refractivity contribution in [1.82, 2.24) is 4.98 Å². The number of hydrogen-bond acceptors (Lipinski definition) is 4. The number of thiazole rings is 1. The van der Waals surface area contributed by atoms with Crippen LogP contribution >= 0.6 is 23.1 Å². The van der Waals surface area contributed by atoms with Gasteiger partial charge in [-0.1, -0.05) is 6.07 Å². The molecule has 0 aliphatic heterocycles. The first kappa shape index (κ1) is 12.5. The van der Waals surface area contributed by atoms with Crippen molar-refractivity contribution in [1.29, 1.82) is 0 Å². The second-order valence-electron chi connectivity index (χ2n) is 4.06. The minimum absolute atomic E-state index is 0.824. The van der Waals surface area contributed by atoms with Crippen molar-refractivity contribution in [3.05, 3.63) is 39.3 Å². The molecule has 0 aliphatic rings. The molecular weight excluding hydrogens is 248 g/mol. The molecule has 2 nitrogen and oxygen atoms in total. The van der Waals surface area contributed by atoms with Crippen LogP contribution in [0.5, 0.6) is 0 Å². The topological polar surface area (TPSA) is 38.9 Å². The minimum atomic E-state index is 0.824. The third-order valence-electron chi connectivity index (χ3n) is 2.64. The Hall–Kier alpha value is -1.000. The fourth-order valence-corrected chi connectivity index (χ4v) is 3.51. The summed E-state index contributed by atoms with van der Waals surface area (Å²) in [5.41, 5.74) is 9.04. The summed E-state index contributed by atoms with van der Waals surface area (Å²) in [6.45, 7) is 6.29. The molecule has 0 amide bonds. The maximum absolute atomic E-state index is 5.80. The van der Waals surface area contributed by atoms with Crippen LogP contribution in [-0.4, -0.2) is 4.98 Å². The number of hydrogen-bond donors (Lipinski definition) is 1. The van der Waals surface area contributed by atoms with Gasteiger partial charge in [0, 0.05) is 15.5 Å². The molecular formula is C13H16N2S2. The Morgan fingerprint density at radius 1 is 1.29 bits per heavy atom. The molecule has 4 heteroatoms. The number of nitrogens with zero attached hydrogens (tertiary/aromatic N) is 1. The minimum Gasteiger partial charge on any atom is -0.399 e. The summed E-state index contributed by atoms with van der Waals surface area (Å²) in [5, 5.41) is 1.19. The highest BCUT2D eigenvalue weighted by Crippen LogP contribution is 2.29. The number of aromatic nitrogens is 1. The molecule has 2 aromatic rings. The highest BCUT2D eigenvalue weighted by Gasteiger charge is 2.06. The highest BCUT2D eigenvalue weighted by molar-refractivity contribution is 7.98. The van der Waals surface area contributed by atoms with Gasteiger partial charge in [0.1, 0.15) is 5.01 Å². The van der Waals surface area contributed by atoms with Crippen molar-refractivity contribution in [2.75, 3.05) is 5.73 Å². The third-order valence-corrected chi connectivity index (χ3v) is 5.06. The lowest BCUT2D eigenvalue weighted by Gasteiger charge is -2.05. The van der Waals surface area contributed by atoms with E-state index < -0.39 is 0 Å². The smallest absolute Gasteiger partial charge is 0.103 e. The van der Waals surface area contributed by atoms with Gasteiger partial charge in [-0.25, -0.2) is 4.98 Å². The van der Waals surface area contributed by atoms with Gasteiger partial charge >= 0.3 is 0 Å². The fraction of sp³-hybridized carbons (Fsp3) is 0.308. The molecule has 2 rings (SSSR count). The van der Waals surface area contributed by atoms with Crippen LogP contribution in [0.4, 0.5) is 5.69 Å². The van der Waals surface area contributed by atoms with Gasteiger partial charge in [0.15, 0.2) is 0 Å². The normalized spacial score (nSPS) is 10.8. The number of anilines is 1. The molecule has 17 heavy (non-hydrogen) atoms. The Balaban J connectivity index is 2.09. The number of nitrogens with two attached hydrogens (primary N) is 1. The molecule has 0 bridgehead atoms. The zero-order valence-electron chi connectivity index (χ0n) is 10.3. The fourth-order valence-electron chi connectivity index (χ4n) is 1.51. The number of benzene rings is 1. The van der Waals surface area contributed by atoms with E-state index in [-0.39, 0.29) is 0 Å². The number of rotatable bonds is 3. The van der Waals surface area contributed by atoms with E-state index >= 15 is 0 Å². The van der Waals surface area contributed by atoms with Gasteiger partial charge in [-0.05, 0) is 38.5 Å². The largest absolute Gasteiger partial charge is 0.399 e. The van der Waals surface area contributed by atoms with Crippen LogP contribution in [0.1, 0.15) is 21.1 Å². The second-order valence-corrected chi connectivity index (χ2v) is 6.37. The van der Waals surface area contributed by atoms with E-state index in [1.807, 2.05) is 12.1 Å². The molecule has 0 fully saturated rings. The van der Waals surface area contributed by atoms with Gasteiger partial charge in [-0.2, -0.15) is 0 Å². The first-order valence-corrected chi connectivity index (χ1v) is 7.28. The van der Waals surface area contributed by atoms with E-state index in [9.17, 15) is 0 Å². The summed E-state index contributed by atoms with van der Waals surface area (Å²) in [6, 6.07) is 6.04. The lowest BCUT2D eigenvalue weighted by molar-refractivity contribution is 1.16. The molecule has 1 aromatic carbocycles. The standard InChI is InChI=1S/C13H16N2S2/c1-8-4-5-11(14)6-12(8)16-7-13-15-9(2)10(3)17-13/h4-6H,7,14H2,1-3H3. The molecule has 1 aromatic heterocycles. The zero-order valence-corrected chi connectivity index (χ0v) is 11.9. The molecule has 0 aliphatic carbocycles. The average molecular weight is 264 g/mol. The molecule has 0 saturated carbocycles. The summed E-state index contributed by atoms with van der Waals surface area (Å²) in [4.78, 5) is 7.10. The quantitative estimate of drug-likeness (QED) is 0.674. The maximum atomic E-state index is 5.80. The van der Waals surface area contributed by atoms with E-state index in [2.05, 4.69) is 31.8 Å². The van der Waals surface area contributed by atoms with Gasteiger partial charge in [0.05, 0.1) is 11.4 Å². The van der Waals surface area contributed by atoms with Crippen LogP contribution in [0, 0.1) is 20.8 Å². The van der Waals surface area contributed by atoms with E-state index in [0.29, 0.717) is 0 Å². The Labute approximate surface area is 110 Å². The zero-order chi connectivity index (χ0) is 12.4. The number of nitrogen functional groups attached to an aromatic ring is 1. The predicted octanol–water partition coefficient (Wildman–Crippen LogP) is 3.94. The number of aryl methyl sites for hydroxylation is 3. The SMILES string of the molecule is Cc1ccc(N)cc1SCc1nc(C)c(C)s1. The predicted molar refractivity (Wildman–Crippen MR) is 76.7 cm³/mol. The summed E-state index contributed by atoms with van der Waals surface area (Å²) in [7, 11) is 0. The Bertz CT molecular complexity index is 513. The molecule has 0 spiro atoms. The Morgan fingerprint density at radius 3 is 2.71 bits per heavy atom. The highest BCUT2D eigenvalue weighted by atomic mass is 32.2. The van der Waals surface area contributed by atoms with Crippen molar-refractivity contribution in [3.63, 3.8) is 0 Å². The lowest BCUT2D eigenvalue weighted by atomic mass is 10.2. The van der Waals surface area contributed by atoms with Crippen molar-refractivity contribution in [2.24, 2.45) is 0 Å². The molecule has 2 N–H and O–H groups in total. The molecule has 0 unspecified atom stereocenters. The van der Waals surface area contributed by atoms with Crippen molar-refractivity contribution >= 4 is 28.8 Å². The van der Waals surface area contributed by atoms with Crippen LogP contribution in [0.15, 0.2) is 23.1 Å². The van der Waals surface area contributed by atoms with Crippen LogP contribution in [0.2, 0.25) is 0 Å². The van der Waals surface area contributed by atoms with Crippen molar-refractivity contribution < 1.29 is 0 Å². The van der Waals surface area contributed by atoms with Gasteiger partial charge < -0.3 is 5.73 Å². The summed E-state index contributed by atoms with van der Waals surface area (Å²) in [6.07, 6.45) is 0. The monoisotopic (exact) mass is 264 g/mol. The average Bonchev–Trinajstić information content (AvgIpc) is 2.60.